The molecule has 1 aromatic rings. The van der Waals surface area contributed by atoms with Crippen LogP contribution < -0.4 is 14.8 Å². The summed E-state index contributed by atoms with van der Waals surface area (Å²) in [7, 11) is 3.10. The van der Waals surface area contributed by atoms with Crippen molar-refractivity contribution in [3.63, 3.8) is 0 Å². The summed E-state index contributed by atoms with van der Waals surface area (Å²) in [4.78, 5) is 27.4. The van der Waals surface area contributed by atoms with Gasteiger partial charge in [-0.15, -0.1) is 11.8 Å². The highest BCUT2D eigenvalue weighted by Crippen LogP contribution is 2.36. The van der Waals surface area contributed by atoms with E-state index in [4.69, 9.17) is 14.2 Å². The predicted octanol–water partition coefficient (Wildman–Crippen LogP) is 4.37. The fourth-order valence-corrected chi connectivity index (χ4v) is 4.72. The number of anilines is 1. The molecule has 2 atom stereocenters. The average molecular weight is 425 g/mol. The zero-order valence-corrected chi connectivity index (χ0v) is 18.7. The minimum atomic E-state index is -0.593. The van der Waals surface area contributed by atoms with E-state index in [-0.39, 0.29) is 17.4 Å². The molecule has 0 spiro atoms. The number of carbonyl (C=O) groups is 2. The number of rotatable bonds is 9. The third-order valence-electron chi connectivity index (χ3n) is 4.66. The van der Waals surface area contributed by atoms with Crippen LogP contribution in [-0.2, 0) is 9.53 Å². The number of carbonyl (C=O) groups excluding carboxylic acids is 2. The number of methoxy groups -OCH3 is 2. The second kappa shape index (κ2) is 11.2. The highest BCUT2D eigenvalue weighted by atomic mass is 32.2. The number of urea groups is 1. The van der Waals surface area contributed by atoms with Crippen LogP contribution in [0, 0.1) is 5.92 Å². The Labute approximate surface area is 177 Å². The number of nitrogens with zero attached hydrogens (tertiary/aromatic N) is 1. The summed E-state index contributed by atoms with van der Waals surface area (Å²) in [5, 5.41) is 2.81. The van der Waals surface area contributed by atoms with Gasteiger partial charge in [0.05, 0.1) is 31.9 Å². The highest BCUT2D eigenvalue weighted by Gasteiger charge is 2.42. The lowest BCUT2D eigenvalue weighted by Gasteiger charge is -2.29. The van der Waals surface area contributed by atoms with Crippen molar-refractivity contribution in [2.24, 2.45) is 5.92 Å². The molecule has 1 saturated heterocycles. The molecule has 1 heterocycles. The Hall–Kier alpha value is -2.09. The van der Waals surface area contributed by atoms with E-state index in [1.165, 1.54) is 7.11 Å². The van der Waals surface area contributed by atoms with Gasteiger partial charge in [0, 0.05) is 11.8 Å². The molecule has 162 valence electrons. The molecule has 0 aliphatic carbocycles. The number of unbranched alkanes of at least 4 members (excludes halogenated alkanes) is 1. The molecular formula is C21H32N2O5S. The fourth-order valence-electron chi connectivity index (χ4n) is 3.10. The third kappa shape index (κ3) is 6.19. The average Bonchev–Trinajstić information content (AvgIpc) is 3.11. The van der Waals surface area contributed by atoms with E-state index in [0.717, 1.165) is 19.3 Å². The lowest BCUT2D eigenvalue weighted by Crippen LogP contribution is -2.48. The van der Waals surface area contributed by atoms with Gasteiger partial charge in [-0.25, -0.2) is 9.59 Å². The van der Waals surface area contributed by atoms with Crippen LogP contribution in [0.4, 0.5) is 10.5 Å². The van der Waals surface area contributed by atoms with Gasteiger partial charge in [-0.05, 0) is 30.9 Å². The Morgan fingerprint density at radius 2 is 2.03 bits per heavy atom. The largest absolute Gasteiger partial charge is 0.497 e. The van der Waals surface area contributed by atoms with E-state index >= 15 is 0 Å². The van der Waals surface area contributed by atoms with Gasteiger partial charge in [-0.2, -0.15) is 0 Å². The molecule has 0 saturated carbocycles. The molecule has 2 rings (SSSR count). The van der Waals surface area contributed by atoms with Crippen LogP contribution in [0.3, 0.4) is 0 Å². The van der Waals surface area contributed by atoms with Gasteiger partial charge in [-0.1, -0.05) is 27.2 Å². The second-order valence-corrected chi connectivity index (χ2v) is 8.57. The van der Waals surface area contributed by atoms with Crippen molar-refractivity contribution in [1.29, 1.82) is 0 Å². The van der Waals surface area contributed by atoms with Crippen LogP contribution in [0.5, 0.6) is 11.5 Å². The van der Waals surface area contributed by atoms with Crippen molar-refractivity contribution in [3.05, 3.63) is 18.2 Å². The first-order chi connectivity index (χ1) is 13.9. The van der Waals surface area contributed by atoms with Gasteiger partial charge in [0.2, 0.25) is 0 Å². The SMILES string of the molecule is CCCCOC(=O)[C@H]1CS[C@H](CC(C)C)N1C(=O)Nc1ccc(OC)cc1OC. The summed E-state index contributed by atoms with van der Waals surface area (Å²) < 4.78 is 16.0. The molecule has 0 radical (unpaired) electrons. The Bertz CT molecular complexity index is 698. The first-order valence-corrected chi connectivity index (χ1v) is 11.1. The van der Waals surface area contributed by atoms with E-state index < -0.39 is 6.04 Å². The minimum Gasteiger partial charge on any atom is -0.497 e. The zero-order valence-electron chi connectivity index (χ0n) is 17.9. The van der Waals surface area contributed by atoms with Gasteiger partial charge >= 0.3 is 12.0 Å². The summed E-state index contributed by atoms with van der Waals surface area (Å²) in [6.45, 7) is 6.64. The van der Waals surface area contributed by atoms with Gasteiger partial charge in [0.25, 0.3) is 0 Å². The maximum atomic E-state index is 13.2. The summed E-state index contributed by atoms with van der Waals surface area (Å²) in [6, 6.07) is 4.26. The van der Waals surface area contributed by atoms with Gasteiger partial charge < -0.3 is 19.5 Å². The first-order valence-electron chi connectivity index (χ1n) is 10.0. The van der Waals surface area contributed by atoms with Crippen LogP contribution in [-0.4, -0.2) is 54.9 Å². The van der Waals surface area contributed by atoms with Crippen molar-refractivity contribution in [3.8, 4) is 11.5 Å². The normalized spacial score (nSPS) is 18.6. The first kappa shape index (κ1) is 23.2. The number of ether oxygens (including phenoxy) is 3. The van der Waals surface area contributed by atoms with Crippen molar-refractivity contribution in [2.75, 3.05) is 31.9 Å². The zero-order chi connectivity index (χ0) is 21.4. The molecule has 29 heavy (non-hydrogen) atoms. The smallest absolute Gasteiger partial charge is 0.329 e. The summed E-state index contributed by atoms with van der Waals surface area (Å²) in [6.07, 6.45) is 2.57. The number of amides is 2. The van der Waals surface area contributed by atoms with E-state index in [1.54, 1.807) is 42.0 Å². The van der Waals surface area contributed by atoms with E-state index in [0.29, 0.717) is 35.5 Å². The van der Waals surface area contributed by atoms with Crippen molar-refractivity contribution < 1.29 is 23.8 Å². The fraction of sp³-hybridized carbons (Fsp3) is 0.619. The molecule has 1 aliphatic heterocycles. The van der Waals surface area contributed by atoms with Crippen LogP contribution in [0.2, 0.25) is 0 Å². The number of nitrogens with one attached hydrogen (secondary N) is 1. The molecule has 0 unspecified atom stereocenters. The van der Waals surface area contributed by atoms with Crippen molar-refractivity contribution in [1.82, 2.24) is 4.90 Å². The van der Waals surface area contributed by atoms with Crippen LogP contribution in [0.15, 0.2) is 18.2 Å². The van der Waals surface area contributed by atoms with Crippen LogP contribution >= 0.6 is 11.8 Å². The Kier molecular flexibility index (Phi) is 8.95. The van der Waals surface area contributed by atoms with E-state index in [1.807, 2.05) is 6.92 Å². The van der Waals surface area contributed by atoms with Gasteiger partial charge in [-0.3, -0.25) is 4.90 Å². The monoisotopic (exact) mass is 424 g/mol. The summed E-state index contributed by atoms with van der Waals surface area (Å²) >= 11 is 1.62. The maximum Gasteiger partial charge on any atom is 0.329 e. The van der Waals surface area contributed by atoms with E-state index in [2.05, 4.69) is 19.2 Å². The molecule has 2 amide bonds. The van der Waals surface area contributed by atoms with Crippen LogP contribution in [0.1, 0.15) is 40.0 Å². The molecule has 1 N–H and O–H groups in total. The quantitative estimate of drug-likeness (QED) is 0.469. The Balaban J connectivity index is 2.19. The molecule has 0 aromatic heterocycles. The molecule has 8 heteroatoms. The molecule has 1 fully saturated rings. The Morgan fingerprint density at radius 1 is 1.28 bits per heavy atom. The number of esters is 1. The highest BCUT2D eigenvalue weighted by molar-refractivity contribution is 8.00. The lowest BCUT2D eigenvalue weighted by atomic mass is 10.1. The van der Waals surface area contributed by atoms with Gasteiger partial charge in [0.15, 0.2) is 0 Å². The van der Waals surface area contributed by atoms with Gasteiger partial charge in [0.1, 0.15) is 17.5 Å². The Morgan fingerprint density at radius 3 is 2.66 bits per heavy atom. The lowest BCUT2D eigenvalue weighted by molar-refractivity contribution is -0.148. The standard InChI is InChI=1S/C21H32N2O5S/c1-6-7-10-28-20(24)17-13-29-19(11-14(2)3)23(17)21(25)22-16-9-8-15(26-4)12-18(16)27-5/h8-9,12,14,17,19H,6-7,10-11,13H2,1-5H3,(H,22,25)/t17-,19-/m1/s1. The topological polar surface area (TPSA) is 77.1 Å². The molecule has 7 nitrogen and oxygen atoms in total. The number of benzene rings is 1. The number of hydrogen-bond donors (Lipinski definition) is 1. The maximum absolute atomic E-state index is 13.2. The predicted molar refractivity (Wildman–Crippen MR) is 116 cm³/mol. The molecular weight excluding hydrogens is 392 g/mol. The minimum absolute atomic E-state index is 0.0806. The molecule has 1 aliphatic rings. The third-order valence-corrected chi connectivity index (χ3v) is 5.98. The number of hydrogen-bond acceptors (Lipinski definition) is 6. The number of thioether (sulfide) groups is 1. The molecule has 1 aromatic carbocycles. The second-order valence-electron chi connectivity index (χ2n) is 7.36. The van der Waals surface area contributed by atoms with Crippen molar-refractivity contribution >= 4 is 29.4 Å². The summed E-state index contributed by atoms with van der Waals surface area (Å²) in [5.41, 5.74) is 0.525. The van der Waals surface area contributed by atoms with Crippen LogP contribution in [0.25, 0.3) is 0 Å². The van der Waals surface area contributed by atoms with Crippen molar-refractivity contribution in [2.45, 2.75) is 51.4 Å². The summed E-state index contributed by atoms with van der Waals surface area (Å²) in [5.74, 6) is 1.72. The van der Waals surface area contributed by atoms with E-state index in [9.17, 15) is 9.59 Å². The molecule has 0 bridgehead atoms.